The second-order valence-electron chi connectivity index (χ2n) is 20.0. The number of hydrogen-bond acceptors (Lipinski definition) is 2. The van der Waals surface area contributed by atoms with Crippen molar-refractivity contribution in [3.8, 4) is 0 Å². The molecule has 49 heavy (non-hydrogen) atoms. The number of carboxylic acids is 1. The van der Waals surface area contributed by atoms with Crippen molar-refractivity contribution in [3.05, 3.63) is 88.0 Å². The molecule has 0 heterocycles. The minimum absolute atomic E-state index is 0.0221. The van der Waals surface area contributed by atoms with Crippen LogP contribution in [0.5, 0.6) is 0 Å². The normalized spacial score (nSPS) is 13.3. The molecule has 0 radical (unpaired) electrons. The van der Waals surface area contributed by atoms with Crippen LogP contribution in [0.15, 0.2) is 69.3 Å². The molecule has 0 aliphatic rings. The Morgan fingerprint density at radius 2 is 0.796 bits per heavy atom. The minimum Gasteiger partial charge on any atom is -0.550 e. The molecular formula is C46H70O2S. The van der Waals surface area contributed by atoms with Gasteiger partial charge in [-0.1, -0.05) is 156 Å². The summed E-state index contributed by atoms with van der Waals surface area (Å²) in [5.41, 5.74) is 8.82. The highest BCUT2D eigenvalue weighted by atomic mass is 32.2. The number of aliphatic carboxylic acids is 1. The molecule has 0 saturated carbocycles. The summed E-state index contributed by atoms with van der Waals surface area (Å²) in [4.78, 5) is 13.9. The Labute approximate surface area is 305 Å². The van der Waals surface area contributed by atoms with Gasteiger partial charge in [-0.15, -0.1) is 0 Å². The quantitative estimate of drug-likeness (QED) is 0.251. The zero-order valence-corrected chi connectivity index (χ0v) is 35.7. The molecule has 0 bridgehead atoms. The fraction of sp³-hybridized carbons (Fsp3) is 0.587. The highest BCUT2D eigenvalue weighted by Gasteiger charge is 2.46. The van der Waals surface area contributed by atoms with E-state index >= 15 is 0 Å². The Bertz CT molecular complexity index is 1400. The number of hydrogen-bond donors (Lipinski definition) is 0. The molecule has 272 valence electrons. The second-order valence-corrected chi connectivity index (χ2v) is 21.9. The fourth-order valence-electron chi connectivity index (χ4n) is 5.89. The van der Waals surface area contributed by atoms with E-state index in [1.807, 2.05) is 0 Å². The summed E-state index contributed by atoms with van der Waals surface area (Å²) in [5, 5.41) is 9.49. The Morgan fingerprint density at radius 3 is 0.980 bits per heavy atom. The number of benzene rings is 3. The summed E-state index contributed by atoms with van der Waals surface area (Å²) < 4.78 is 0. The van der Waals surface area contributed by atoms with Gasteiger partial charge in [0.2, 0.25) is 0 Å². The van der Waals surface area contributed by atoms with Gasteiger partial charge in [0.1, 0.15) is 10.9 Å². The van der Waals surface area contributed by atoms with Crippen molar-refractivity contribution >= 4 is 16.9 Å². The summed E-state index contributed by atoms with van der Waals surface area (Å²) in [6.45, 7) is 44.9. The largest absolute Gasteiger partial charge is 0.550 e. The molecule has 0 unspecified atom stereocenters. The first-order chi connectivity index (χ1) is 21.9. The number of rotatable bonds is 5. The monoisotopic (exact) mass is 687 g/mol. The number of carbonyl (C=O) groups excluding carboxylic acids is 1. The van der Waals surface area contributed by atoms with Gasteiger partial charge in [0.25, 0.3) is 0 Å². The van der Waals surface area contributed by atoms with E-state index in [1.165, 1.54) is 48.1 Å². The Balaban J connectivity index is 0.00000127. The van der Waals surface area contributed by atoms with Gasteiger partial charge < -0.3 is 9.90 Å². The predicted octanol–water partition coefficient (Wildman–Crippen LogP) is 12.1. The van der Waals surface area contributed by atoms with Gasteiger partial charge in [-0.2, -0.15) is 0 Å². The van der Waals surface area contributed by atoms with Crippen LogP contribution < -0.4 is 5.11 Å². The van der Waals surface area contributed by atoms with Crippen LogP contribution in [0.25, 0.3) is 0 Å². The van der Waals surface area contributed by atoms with E-state index in [4.69, 9.17) is 0 Å². The second kappa shape index (κ2) is 15.0. The van der Waals surface area contributed by atoms with E-state index < -0.39 is 5.97 Å². The topological polar surface area (TPSA) is 40.1 Å². The van der Waals surface area contributed by atoms with Crippen LogP contribution in [0.1, 0.15) is 178 Å². The maximum absolute atomic E-state index is 9.49. The van der Waals surface area contributed by atoms with Gasteiger partial charge in [-0.3, -0.25) is 0 Å². The molecule has 3 aromatic carbocycles. The van der Waals surface area contributed by atoms with E-state index in [0.29, 0.717) is 6.42 Å². The molecule has 0 aliphatic carbocycles. The van der Waals surface area contributed by atoms with Gasteiger partial charge >= 0.3 is 0 Å². The third kappa shape index (κ3) is 11.0. The van der Waals surface area contributed by atoms with Crippen LogP contribution in [-0.2, 0) is 48.2 Å². The first-order valence-corrected chi connectivity index (χ1v) is 19.5. The SMILES string of the molecule is CC(C)(C)c1cc(C(C)(C)C)c([S+](c2ccccc2)c2c(C(C)(C)C)cc(C(C)(C)C)cc2C(C)(C)C)c(C(C)(C)C)c1.CCCC(=O)[O-]. The van der Waals surface area contributed by atoms with Crippen molar-refractivity contribution in [3.63, 3.8) is 0 Å². The zero-order valence-electron chi connectivity index (χ0n) is 34.8. The van der Waals surface area contributed by atoms with Crippen molar-refractivity contribution in [1.82, 2.24) is 0 Å². The molecule has 0 saturated heterocycles. The predicted molar refractivity (Wildman–Crippen MR) is 214 cm³/mol. The van der Waals surface area contributed by atoms with Gasteiger partial charge in [-0.05, 0) is 86.4 Å². The summed E-state index contributed by atoms with van der Waals surface area (Å²) in [6, 6.07) is 21.7. The van der Waals surface area contributed by atoms with E-state index in [0.717, 1.165) is 0 Å². The highest BCUT2D eigenvalue weighted by Crippen LogP contribution is 2.50. The van der Waals surface area contributed by atoms with Crippen molar-refractivity contribution in [1.29, 1.82) is 0 Å². The number of carbonyl (C=O) groups is 1. The summed E-state index contributed by atoms with van der Waals surface area (Å²) >= 11 is 0. The maximum atomic E-state index is 9.49. The zero-order chi connectivity index (χ0) is 38.1. The lowest BCUT2D eigenvalue weighted by atomic mass is 9.75. The van der Waals surface area contributed by atoms with Crippen molar-refractivity contribution in [2.45, 2.75) is 192 Å². The molecule has 3 heteroatoms. The van der Waals surface area contributed by atoms with E-state index in [-0.39, 0.29) is 49.8 Å². The summed E-state index contributed by atoms with van der Waals surface area (Å²) in [5.74, 6) is -0.961. The molecule has 0 fully saturated rings. The van der Waals surface area contributed by atoms with Crippen LogP contribution in [0.2, 0.25) is 0 Å². The molecular weight excluding hydrogens is 617 g/mol. The summed E-state index contributed by atoms with van der Waals surface area (Å²) in [7, 11) is -0.317. The van der Waals surface area contributed by atoms with Crippen molar-refractivity contribution in [2.75, 3.05) is 0 Å². The van der Waals surface area contributed by atoms with Crippen LogP contribution in [0.4, 0.5) is 0 Å². The molecule has 0 aliphatic heterocycles. The molecule has 0 spiro atoms. The van der Waals surface area contributed by atoms with Crippen LogP contribution in [0.3, 0.4) is 0 Å². The number of carboxylic acid groups (broad SMARTS) is 1. The van der Waals surface area contributed by atoms with E-state index in [2.05, 4.69) is 179 Å². The molecule has 3 aromatic rings. The molecule has 2 nitrogen and oxygen atoms in total. The van der Waals surface area contributed by atoms with Crippen molar-refractivity contribution in [2.24, 2.45) is 0 Å². The Kier molecular flexibility index (Phi) is 13.0. The van der Waals surface area contributed by atoms with Crippen molar-refractivity contribution < 1.29 is 9.90 Å². The standard InChI is InChI=1S/C42H63S.C4H8O2/c1-37(2,3)28-24-31(39(7,8)9)35(32(25-28)40(10,11)12)43(30-22-20-19-21-23-30)36-33(41(13,14)15)26-29(38(4,5)6)27-34(36)42(16,17)18;1-2-3-4(5)6/h19-27H,1-18H3;2-3H2,1H3,(H,5,6)/q+1;/p-1. The van der Waals surface area contributed by atoms with Crippen LogP contribution >= 0.6 is 0 Å². The molecule has 0 aromatic heterocycles. The minimum atomic E-state index is -0.961. The smallest absolute Gasteiger partial charge is 0.174 e. The fourth-order valence-corrected chi connectivity index (χ4v) is 9.34. The van der Waals surface area contributed by atoms with E-state index in [1.54, 1.807) is 6.92 Å². The van der Waals surface area contributed by atoms with Gasteiger partial charge in [0.05, 0.1) is 0 Å². The molecule has 3 rings (SSSR count). The lowest BCUT2D eigenvalue weighted by Crippen LogP contribution is -2.30. The van der Waals surface area contributed by atoms with Gasteiger partial charge in [0, 0.05) is 28.2 Å². The Morgan fingerprint density at radius 1 is 0.510 bits per heavy atom. The van der Waals surface area contributed by atoms with Gasteiger partial charge in [-0.25, -0.2) is 0 Å². The molecule has 0 amide bonds. The summed E-state index contributed by atoms with van der Waals surface area (Å²) in [6.07, 6.45) is 0.850. The highest BCUT2D eigenvalue weighted by molar-refractivity contribution is 7.97. The average Bonchev–Trinajstić information content (AvgIpc) is 2.90. The average molecular weight is 687 g/mol. The third-order valence-electron chi connectivity index (χ3n) is 8.98. The lowest BCUT2D eigenvalue weighted by molar-refractivity contribution is -0.305. The maximum Gasteiger partial charge on any atom is 0.174 e. The first-order valence-electron chi connectivity index (χ1n) is 18.3. The Hall–Kier alpha value is -2.52. The van der Waals surface area contributed by atoms with E-state index in [9.17, 15) is 9.90 Å². The van der Waals surface area contributed by atoms with Crippen LogP contribution in [0, 0.1) is 0 Å². The third-order valence-corrected chi connectivity index (χ3v) is 11.4. The molecule has 0 N–H and O–H groups in total. The first kappa shape index (κ1) is 42.6. The van der Waals surface area contributed by atoms with Crippen LogP contribution in [-0.4, -0.2) is 5.97 Å². The molecule has 0 atom stereocenters. The van der Waals surface area contributed by atoms with Gasteiger partial charge in [0.15, 0.2) is 14.7 Å². The lowest BCUT2D eigenvalue weighted by Gasteiger charge is -2.35.